The van der Waals surface area contributed by atoms with Crippen molar-refractivity contribution in [3.8, 4) is 0 Å². The van der Waals surface area contributed by atoms with Crippen LogP contribution in [0.3, 0.4) is 0 Å². The largest absolute Gasteiger partial charge is 0.480 e. The number of carboxylic acids is 3. The van der Waals surface area contributed by atoms with Gasteiger partial charge in [0.05, 0.1) is 0 Å². The molecule has 0 bridgehead atoms. The van der Waals surface area contributed by atoms with E-state index in [9.17, 15) is 14.4 Å². The molecule has 18 nitrogen and oxygen atoms in total. The van der Waals surface area contributed by atoms with Crippen LogP contribution >= 0.6 is 0 Å². The minimum absolute atomic E-state index is 0. The van der Waals surface area contributed by atoms with Crippen LogP contribution in [-0.4, -0.2) is 93.8 Å². The first-order valence-corrected chi connectivity index (χ1v) is 6.64. The van der Waals surface area contributed by atoms with E-state index in [0.717, 1.165) is 14.4 Å². The van der Waals surface area contributed by atoms with Gasteiger partial charge in [0.1, 0.15) is 0 Å². The SMILES string of the molecule is O=C(O)Cn1ncnn1.O=C(O)Cn1ncnn1.O=C(O)Cn1ncnn1.[Ce]. The molecule has 148 valence electrons. The smallest absolute Gasteiger partial charge is 0.327 e. The summed E-state index contributed by atoms with van der Waals surface area (Å²) in [6.45, 7) is -0.708. The standard InChI is InChI=1S/3C3H4N4O2.Ce/c3*8-3(9)1-7-5-2-4-6-7;/h3*2H,1H2,(H,8,9);. The molecule has 3 rings (SSSR count). The number of carboxylic acid groups (broad SMARTS) is 3. The summed E-state index contributed by atoms with van der Waals surface area (Å²) in [5.41, 5.74) is 0. The number of carbonyl (C=O) groups is 3. The van der Waals surface area contributed by atoms with Crippen molar-refractivity contribution in [1.82, 2.24) is 60.6 Å². The molecule has 0 atom stereocenters. The number of hydrogen-bond acceptors (Lipinski definition) is 12. The third kappa shape index (κ3) is 12.4. The van der Waals surface area contributed by atoms with Crippen molar-refractivity contribution in [2.24, 2.45) is 0 Å². The van der Waals surface area contributed by atoms with Gasteiger partial charge in [-0.3, -0.25) is 14.4 Å². The third-order valence-corrected chi connectivity index (χ3v) is 2.00. The average molecular weight is 524 g/mol. The Morgan fingerprint density at radius 2 is 0.857 bits per heavy atom. The van der Waals surface area contributed by atoms with Crippen LogP contribution in [-0.2, 0) is 34.0 Å². The Kier molecular flexibility index (Phi) is 12.6. The first-order chi connectivity index (χ1) is 12.9. The molecule has 0 aliphatic heterocycles. The molecule has 0 unspecified atom stereocenters. The van der Waals surface area contributed by atoms with E-state index in [-0.39, 0.29) is 61.4 Å². The van der Waals surface area contributed by atoms with E-state index in [1.54, 1.807) is 0 Å². The summed E-state index contributed by atoms with van der Waals surface area (Å²) in [5, 5.41) is 54.8. The van der Waals surface area contributed by atoms with E-state index in [0.29, 0.717) is 0 Å². The van der Waals surface area contributed by atoms with Gasteiger partial charge < -0.3 is 15.3 Å². The summed E-state index contributed by atoms with van der Waals surface area (Å²) < 4.78 is 0. The fraction of sp³-hybridized carbons (Fsp3) is 0.333. The minimum Gasteiger partial charge on any atom is -0.480 e. The summed E-state index contributed by atoms with van der Waals surface area (Å²) in [6, 6.07) is 0. The topological polar surface area (TPSA) is 243 Å². The Morgan fingerprint density at radius 3 is 1.00 bits per heavy atom. The summed E-state index contributed by atoms with van der Waals surface area (Å²) in [4.78, 5) is 32.8. The second-order valence-electron chi connectivity index (χ2n) is 4.08. The number of aliphatic carboxylic acids is 3. The van der Waals surface area contributed by atoms with Crippen molar-refractivity contribution in [3.05, 3.63) is 19.0 Å². The van der Waals surface area contributed by atoms with Gasteiger partial charge in [0, 0.05) is 41.7 Å². The van der Waals surface area contributed by atoms with E-state index in [2.05, 4.69) is 46.2 Å². The molecule has 3 N–H and O–H groups in total. The number of hydrogen-bond donors (Lipinski definition) is 3. The molecule has 0 aliphatic rings. The maximum absolute atomic E-state index is 9.94. The maximum Gasteiger partial charge on any atom is 0.327 e. The van der Waals surface area contributed by atoms with Gasteiger partial charge in [-0.15, -0.1) is 30.6 Å². The van der Waals surface area contributed by atoms with Crippen LogP contribution in [0.2, 0.25) is 0 Å². The zero-order chi connectivity index (χ0) is 20.1. The molecule has 0 amide bonds. The molecule has 0 saturated heterocycles. The number of tetrazole rings is 3. The number of aromatic nitrogens is 12. The second-order valence-corrected chi connectivity index (χ2v) is 4.08. The molecule has 28 heavy (non-hydrogen) atoms. The molecule has 0 aromatic carbocycles. The van der Waals surface area contributed by atoms with Crippen molar-refractivity contribution < 1.29 is 71.5 Å². The fourth-order valence-electron chi connectivity index (χ4n) is 1.15. The van der Waals surface area contributed by atoms with Gasteiger partial charge in [-0.2, -0.15) is 14.4 Å². The summed E-state index contributed by atoms with van der Waals surface area (Å²) in [7, 11) is 0. The fourth-order valence-corrected chi connectivity index (χ4v) is 1.15. The zero-order valence-electron chi connectivity index (χ0n) is 13.8. The van der Waals surface area contributed by atoms with Gasteiger partial charge in [-0.1, -0.05) is 0 Å². The summed E-state index contributed by atoms with van der Waals surface area (Å²) in [6.07, 6.45) is 3.55. The first kappa shape index (κ1) is 25.0. The van der Waals surface area contributed by atoms with Crippen LogP contribution in [0.5, 0.6) is 0 Å². The quantitative estimate of drug-likeness (QED) is 0.281. The van der Waals surface area contributed by atoms with E-state index in [1.165, 1.54) is 19.0 Å². The van der Waals surface area contributed by atoms with Gasteiger partial charge in [0.25, 0.3) is 0 Å². The molecule has 0 radical (unpaired) electrons. The normalized spacial score (nSPS) is 9.00. The van der Waals surface area contributed by atoms with Crippen molar-refractivity contribution in [2.75, 3.05) is 0 Å². The Bertz CT molecular complexity index is 697. The monoisotopic (exact) mass is 524 g/mol. The third-order valence-electron chi connectivity index (χ3n) is 2.00. The van der Waals surface area contributed by atoms with E-state index in [1.807, 2.05) is 0 Å². The van der Waals surface area contributed by atoms with Crippen LogP contribution in [0.25, 0.3) is 0 Å². The molecular weight excluding hydrogens is 512 g/mol. The zero-order valence-corrected chi connectivity index (χ0v) is 16.9. The van der Waals surface area contributed by atoms with Crippen LogP contribution < -0.4 is 0 Å². The van der Waals surface area contributed by atoms with Crippen LogP contribution in [0.15, 0.2) is 19.0 Å². The molecule has 0 fully saturated rings. The van der Waals surface area contributed by atoms with E-state index >= 15 is 0 Å². The Morgan fingerprint density at radius 1 is 0.607 bits per heavy atom. The van der Waals surface area contributed by atoms with Gasteiger partial charge >= 0.3 is 17.9 Å². The van der Waals surface area contributed by atoms with Crippen molar-refractivity contribution in [1.29, 1.82) is 0 Å². The van der Waals surface area contributed by atoms with Gasteiger partial charge in [0.15, 0.2) is 38.6 Å². The predicted octanol–water partition coefficient (Wildman–Crippen LogP) is -3.73. The second kappa shape index (κ2) is 14.1. The van der Waals surface area contributed by atoms with E-state index < -0.39 is 17.9 Å². The number of rotatable bonds is 6. The minimum atomic E-state index is -0.979. The Labute approximate surface area is 187 Å². The molecule has 3 aromatic rings. The van der Waals surface area contributed by atoms with Crippen LogP contribution in [0, 0.1) is 41.7 Å². The predicted molar refractivity (Wildman–Crippen MR) is 76.4 cm³/mol. The molecular formula is C9H12CeN12O6. The van der Waals surface area contributed by atoms with Crippen LogP contribution in [0.4, 0.5) is 0 Å². The van der Waals surface area contributed by atoms with Crippen molar-refractivity contribution >= 4 is 17.9 Å². The summed E-state index contributed by atoms with van der Waals surface area (Å²) >= 11 is 0. The van der Waals surface area contributed by atoms with E-state index in [4.69, 9.17) is 15.3 Å². The van der Waals surface area contributed by atoms with Crippen LogP contribution in [0.1, 0.15) is 0 Å². The molecule has 0 saturated carbocycles. The van der Waals surface area contributed by atoms with Crippen molar-refractivity contribution in [3.63, 3.8) is 0 Å². The molecule has 19 heteroatoms. The Hall–Kier alpha value is -3.00. The summed E-state index contributed by atoms with van der Waals surface area (Å²) in [5.74, 6) is -2.94. The Balaban J connectivity index is 0.000000384. The van der Waals surface area contributed by atoms with Gasteiger partial charge in [-0.25, -0.2) is 0 Å². The van der Waals surface area contributed by atoms with Gasteiger partial charge in [-0.05, 0) is 15.6 Å². The molecule has 3 heterocycles. The molecule has 3 aromatic heterocycles. The number of nitrogens with zero attached hydrogens (tertiary/aromatic N) is 12. The van der Waals surface area contributed by atoms with Gasteiger partial charge in [0.2, 0.25) is 0 Å². The molecule has 0 spiro atoms. The van der Waals surface area contributed by atoms with Crippen molar-refractivity contribution in [2.45, 2.75) is 19.6 Å². The first-order valence-electron chi connectivity index (χ1n) is 6.64. The maximum atomic E-state index is 9.94. The molecule has 0 aliphatic carbocycles. The average Bonchev–Trinajstić information content (AvgIpc) is 3.30.